The second-order valence-corrected chi connectivity index (χ2v) is 9.78. The van der Waals surface area contributed by atoms with Crippen LogP contribution in [-0.2, 0) is 13.0 Å². The maximum absolute atomic E-state index is 13.7. The van der Waals surface area contributed by atoms with Crippen molar-refractivity contribution >= 4 is 27.5 Å². The number of benzene rings is 3. The zero-order valence-corrected chi connectivity index (χ0v) is 22.0. The van der Waals surface area contributed by atoms with E-state index in [2.05, 4.69) is 49.5 Å². The predicted octanol–water partition coefficient (Wildman–Crippen LogP) is 6.29. The lowest BCUT2D eigenvalue weighted by Gasteiger charge is -2.12. The summed E-state index contributed by atoms with van der Waals surface area (Å²) >= 11 is 10.1. The molecule has 7 nitrogen and oxygen atoms in total. The molecule has 0 atom stereocenters. The molecule has 0 aliphatic heterocycles. The van der Waals surface area contributed by atoms with Crippen molar-refractivity contribution < 1.29 is 0 Å². The van der Waals surface area contributed by atoms with Crippen LogP contribution in [0.25, 0.3) is 28.2 Å². The van der Waals surface area contributed by atoms with Gasteiger partial charge in [-0.25, -0.2) is 4.79 Å². The average molecular weight is 564 g/mol. The number of tetrazole rings is 1. The number of nitrogens with zero attached hydrogens (tertiary/aromatic N) is 5. The minimum absolute atomic E-state index is 0.136. The van der Waals surface area contributed by atoms with E-state index < -0.39 is 0 Å². The monoisotopic (exact) mass is 562 g/mol. The molecule has 36 heavy (non-hydrogen) atoms. The first kappa shape index (κ1) is 24.2. The minimum atomic E-state index is -0.136. The standard InChI is InChI=1S/C27H24BrClN6O/c1-2-3-10-20-17-35(25-23(28)11-7-12-24(25)29)27(36)34(20)16-18-13-14-21(19-8-5-4-6-9-19)22(15-18)26-30-32-33-31-26/h4-9,11-15,17H,2-3,10,16H2,1H3,(H,30,31,32,33). The molecule has 0 unspecified atom stereocenters. The van der Waals surface area contributed by atoms with Crippen LogP contribution >= 0.6 is 27.5 Å². The highest BCUT2D eigenvalue weighted by molar-refractivity contribution is 9.10. The number of imidazole rings is 1. The molecule has 5 aromatic rings. The Balaban J connectivity index is 1.60. The van der Waals surface area contributed by atoms with E-state index >= 15 is 0 Å². The van der Waals surface area contributed by atoms with E-state index in [0.717, 1.165) is 51.7 Å². The summed E-state index contributed by atoms with van der Waals surface area (Å²) in [5, 5.41) is 15.2. The summed E-state index contributed by atoms with van der Waals surface area (Å²) in [6.07, 6.45) is 4.71. The normalized spacial score (nSPS) is 11.2. The van der Waals surface area contributed by atoms with Gasteiger partial charge in [0.15, 0.2) is 0 Å². The first-order valence-electron chi connectivity index (χ1n) is 11.7. The summed E-state index contributed by atoms with van der Waals surface area (Å²) in [6, 6.07) is 21.7. The van der Waals surface area contributed by atoms with Crippen LogP contribution in [-0.4, -0.2) is 29.8 Å². The third kappa shape index (κ3) is 4.79. The third-order valence-electron chi connectivity index (χ3n) is 6.12. The molecule has 0 fully saturated rings. The number of nitrogens with one attached hydrogen (secondary N) is 1. The van der Waals surface area contributed by atoms with Crippen molar-refractivity contribution in [1.82, 2.24) is 29.8 Å². The van der Waals surface area contributed by atoms with Crippen molar-refractivity contribution in [2.75, 3.05) is 0 Å². The molecule has 2 aromatic heterocycles. The van der Waals surface area contributed by atoms with E-state index in [9.17, 15) is 4.79 Å². The topological polar surface area (TPSA) is 81.4 Å². The molecule has 3 aromatic carbocycles. The van der Waals surface area contributed by atoms with Crippen molar-refractivity contribution in [2.24, 2.45) is 0 Å². The van der Waals surface area contributed by atoms with Gasteiger partial charge >= 0.3 is 5.69 Å². The number of rotatable bonds is 8. The molecule has 0 spiro atoms. The van der Waals surface area contributed by atoms with Gasteiger partial charge in [-0.1, -0.05) is 73.5 Å². The zero-order chi connectivity index (χ0) is 25.1. The summed E-state index contributed by atoms with van der Waals surface area (Å²) in [5.74, 6) is 0.506. The number of unbranched alkanes of at least 4 members (excludes halogenated alkanes) is 1. The van der Waals surface area contributed by atoms with E-state index in [-0.39, 0.29) is 5.69 Å². The van der Waals surface area contributed by atoms with Crippen LogP contribution in [0.2, 0.25) is 5.02 Å². The molecule has 0 amide bonds. The maximum Gasteiger partial charge on any atom is 0.333 e. The van der Waals surface area contributed by atoms with E-state index in [1.165, 1.54) is 0 Å². The fourth-order valence-corrected chi connectivity index (χ4v) is 5.27. The predicted molar refractivity (Wildman–Crippen MR) is 146 cm³/mol. The summed E-state index contributed by atoms with van der Waals surface area (Å²) in [6.45, 7) is 2.55. The van der Waals surface area contributed by atoms with Gasteiger partial charge in [0.25, 0.3) is 0 Å². The molecule has 9 heteroatoms. The second kappa shape index (κ2) is 10.6. The third-order valence-corrected chi connectivity index (χ3v) is 7.07. The van der Waals surface area contributed by atoms with Gasteiger partial charge in [0, 0.05) is 21.9 Å². The van der Waals surface area contributed by atoms with Gasteiger partial charge in [0.1, 0.15) is 0 Å². The molecule has 0 bridgehead atoms. The lowest BCUT2D eigenvalue weighted by atomic mass is 9.97. The largest absolute Gasteiger partial charge is 0.333 e. The maximum atomic E-state index is 13.7. The highest BCUT2D eigenvalue weighted by atomic mass is 79.9. The van der Waals surface area contributed by atoms with Gasteiger partial charge in [0.2, 0.25) is 5.82 Å². The Bertz CT molecular complexity index is 1520. The van der Waals surface area contributed by atoms with Crippen LogP contribution in [0, 0.1) is 0 Å². The van der Waals surface area contributed by atoms with Gasteiger partial charge in [0.05, 0.1) is 17.3 Å². The first-order valence-corrected chi connectivity index (χ1v) is 12.9. The Kier molecular flexibility index (Phi) is 7.16. The van der Waals surface area contributed by atoms with Crippen molar-refractivity contribution in [1.29, 1.82) is 0 Å². The van der Waals surface area contributed by atoms with Crippen LogP contribution in [0.4, 0.5) is 0 Å². The van der Waals surface area contributed by atoms with Crippen molar-refractivity contribution in [3.8, 4) is 28.2 Å². The smallest absolute Gasteiger partial charge is 0.292 e. The van der Waals surface area contributed by atoms with E-state index in [4.69, 9.17) is 11.6 Å². The molecule has 0 saturated carbocycles. The molecular weight excluding hydrogens is 540 g/mol. The molecule has 5 rings (SSSR count). The molecule has 0 radical (unpaired) electrons. The van der Waals surface area contributed by atoms with Crippen LogP contribution < -0.4 is 5.69 Å². The Morgan fingerprint density at radius 3 is 2.58 bits per heavy atom. The highest BCUT2D eigenvalue weighted by Crippen LogP contribution is 2.32. The second-order valence-electron chi connectivity index (χ2n) is 8.51. The van der Waals surface area contributed by atoms with Crippen molar-refractivity contribution in [2.45, 2.75) is 32.7 Å². The fourth-order valence-electron chi connectivity index (χ4n) is 4.34. The Hall–Kier alpha value is -3.49. The molecule has 182 valence electrons. The Morgan fingerprint density at radius 2 is 1.86 bits per heavy atom. The first-order chi connectivity index (χ1) is 17.6. The van der Waals surface area contributed by atoms with Gasteiger partial charge in [-0.3, -0.25) is 9.13 Å². The molecule has 1 N–H and O–H groups in total. The van der Waals surface area contributed by atoms with Gasteiger partial charge in [-0.05, 0) is 68.9 Å². The number of hydrogen-bond donors (Lipinski definition) is 1. The highest BCUT2D eigenvalue weighted by Gasteiger charge is 2.18. The number of H-pyrrole nitrogens is 1. The van der Waals surface area contributed by atoms with Gasteiger partial charge < -0.3 is 0 Å². The van der Waals surface area contributed by atoms with Gasteiger partial charge in [-0.2, -0.15) is 5.21 Å². The number of para-hydroxylation sites is 1. The van der Waals surface area contributed by atoms with Crippen LogP contribution in [0.1, 0.15) is 31.0 Å². The molecule has 2 heterocycles. The van der Waals surface area contributed by atoms with E-state index in [1.807, 2.05) is 65.4 Å². The summed E-state index contributed by atoms with van der Waals surface area (Å²) in [7, 11) is 0. The Labute approximate surface area is 221 Å². The van der Waals surface area contributed by atoms with E-state index in [1.54, 1.807) is 10.6 Å². The van der Waals surface area contributed by atoms with Crippen LogP contribution in [0.3, 0.4) is 0 Å². The Morgan fingerprint density at radius 1 is 1.03 bits per heavy atom. The minimum Gasteiger partial charge on any atom is -0.292 e. The fraction of sp³-hybridized carbons (Fsp3) is 0.185. The van der Waals surface area contributed by atoms with Crippen molar-refractivity contribution in [3.63, 3.8) is 0 Å². The van der Waals surface area contributed by atoms with Gasteiger partial charge in [-0.15, -0.1) is 10.2 Å². The number of aromatic nitrogens is 6. The average Bonchev–Trinajstić information content (AvgIpc) is 3.53. The SMILES string of the molecule is CCCCc1cn(-c2c(Cl)cccc2Br)c(=O)n1Cc1ccc(-c2ccccc2)c(-c2nn[nH]n2)c1. The molecule has 0 aliphatic carbocycles. The zero-order valence-electron chi connectivity index (χ0n) is 19.7. The summed E-state index contributed by atoms with van der Waals surface area (Å²) < 4.78 is 4.22. The summed E-state index contributed by atoms with van der Waals surface area (Å²) in [4.78, 5) is 13.7. The number of aryl methyl sites for hydroxylation is 1. The molecule has 0 aliphatic rings. The van der Waals surface area contributed by atoms with E-state index in [0.29, 0.717) is 23.1 Å². The number of aromatic amines is 1. The molecule has 0 saturated heterocycles. The summed E-state index contributed by atoms with van der Waals surface area (Å²) in [5.41, 5.74) is 5.34. The number of hydrogen-bond acceptors (Lipinski definition) is 4. The van der Waals surface area contributed by atoms with Crippen molar-refractivity contribution in [3.05, 3.63) is 104 Å². The van der Waals surface area contributed by atoms with Crippen LogP contribution in [0.5, 0.6) is 0 Å². The quantitative estimate of drug-likeness (QED) is 0.240. The number of halogens is 2. The molecular formula is C27H24BrClN6O. The lowest BCUT2D eigenvalue weighted by molar-refractivity contribution is 0.674. The lowest BCUT2D eigenvalue weighted by Crippen LogP contribution is -2.25. The van der Waals surface area contributed by atoms with Crippen LogP contribution in [0.15, 0.2) is 82.2 Å².